The van der Waals surface area contributed by atoms with Gasteiger partial charge in [-0.05, 0) is 74.4 Å². The lowest BCUT2D eigenvalue weighted by molar-refractivity contribution is 0.0910. The fraction of sp³-hybridized carbons (Fsp3) is 0.194. The summed E-state index contributed by atoms with van der Waals surface area (Å²) in [6, 6.07) is 20.9. The molecule has 6 heteroatoms. The molecule has 5 aromatic rings. The molecule has 0 aliphatic carbocycles. The Labute approximate surface area is 215 Å². The summed E-state index contributed by atoms with van der Waals surface area (Å²) >= 11 is 0. The Hall–Kier alpha value is -4.47. The molecule has 2 heterocycles. The van der Waals surface area contributed by atoms with E-state index in [0.29, 0.717) is 23.3 Å². The molecule has 5 rings (SSSR count). The summed E-state index contributed by atoms with van der Waals surface area (Å²) < 4.78 is 5.92. The van der Waals surface area contributed by atoms with Gasteiger partial charge in [-0.1, -0.05) is 30.0 Å². The summed E-state index contributed by atoms with van der Waals surface area (Å²) in [7, 11) is 0. The molecule has 1 amide bonds. The predicted octanol–water partition coefficient (Wildman–Crippen LogP) is 5.17. The molecule has 4 N–H and O–H groups in total. The first-order chi connectivity index (χ1) is 18.0. The Morgan fingerprint density at radius 1 is 0.973 bits per heavy atom. The molecular weight excluding hydrogens is 462 g/mol. The second-order valence-electron chi connectivity index (χ2n) is 9.32. The molecule has 0 radical (unpaired) electrons. The van der Waals surface area contributed by atoms with Crippen LogP contribution in [0, 0.1) is 11.8 Å². The first-order valence-corrected chi connectivity index (χ1v) is 12.4. The Kier molecular flexibility index (Phi) is 6.98. The van der Waals surface area contributed by atoms with Crippen LogP contribution in [0.1, 0.15) is 40.9 Å². The topological polar surface area (TPSA) is 90.1 Å². The number of fused-ring (bicyclic) bond motifs is 2. The number of hydrogen-bond donors (Lipinski definition) is 4. The van der Waals surface area contributed by atoms with Crippen molar-refractivity contribution in [2.45, 2.75) is 32.4 Å². The lowest BCUT2D eigenvalue weighted by atomic mass is 10.0. The molecule has 3 aromatic carbocycles. The van der Waals surface area contributed by atoms with Gasteiger partial charge in [-0.25, -0.2) is 0 Å². The van der Waals surface area contributed by atoms with Gasteiger partial charge in [-0.2, -0.15) is 0 Å². The molecule has 2 aromatic heterocycles. The fourth-order valence-electron chi connectivity index (χ4n) is 4.41. The second-order valence-corrected chi connectivity index (χ2v) is 9.32. The Balaban J connectivity index is 1.39. The minimum atomic E-state index is -0.457. The van der Waals surface area contributed by atoms with Gasteiger partial charge in [0.2, 0.25) is 0 Å². The molecule has 0 saturated heterocycles. The average Bonchev–Trinajstić information content (AvgIpc) is 3.54. The SMILES string of the molecule is CC(C)Oc1ccc(C#Cc2ccc3[nH]ccc3c2)cc1C(=O)N[C@@H](CO)Cc1c[nH]c2ccccc12. The molecule has 6 nitrogen and oxygen atoms in total. The first-order valence-electron chi connectivity index (χ1n) is 12.4. The zero-order valence-electron chi connectivity index (χ0n) is 20.8. The third-order valence-corrected chi connectivity index (χ3v) is 6.19. The molecule has 37 heavy (non-hydrogen) atoms. The number of carbonyl (C=O) groups excluding carboxylic acids is 1. The van der Waals surface area contributed by atoms with Gasteiger partial charge in [-0.3, -0.25) is 4.79 Å². The average molecular weight is 492 g/mol. The third-order valence-electron chi connectivity index (χ3n) is 6.19. The number of H-pyrrole nitrogens is 2. The van der Waals surface area contributed by atoms with Crippen molar-refractivity contribution in [2.75, 3.05) is 6.61 Å². The van der Waals surface area contributed by atoms with Gasteiger partial charge in [0.05, 0.1) is 24.3 Å². The van der Waals surface area contributed by atoms with Crippen molar-refractivity contribution >= 4 is 27.7 Å². The van der Waals surface area contributed by atoms with Crippen LogP contribution in [0.25, 0.3) is 21.8 Å². The summed E-state index contributed by atoms with van der Waals surface area (Å²) in [5.74, 6) is 6.53. The number of aliphatic hydroxyl groups excluding tert-OH is 1. The number of amides is 1. The molecule has 0 aliphatic rings. The summed E-state index contributed by atoms with van der Waals surface area (Å²) in [6.45, 7) is 3.65. The van der Waals surface area contributed by atoms with Crippen molar-refractivity contribution < 1.29 is 14.6 Å². The van der Waals surface area contributed by atoms with Crippen molar-refractivity contribution in [3.8, 4) is 17.6 Å². The molecule has 0 spiro atoms. The van der Waals surface area contributed by atoms with E-state index in [1.807, 2.05) is 80.8 Å². The van der Waals surface area contributed by atoms with Gasteiger partial charge < -0.3 is 25.1 Å². The normalized spacial score (nSPS) is 11.9. The maximum absolute atomic E-state index is 13.4. The monoisotopic (exact) mass is 491 g/mol. The number of hydrogen-bond acceptors (Lipinski definition) is 3. The maximum Gasteiger partial charge on any atom is 0.255 e. The van der Waals surface area contributed by atoms with E-state index in [1.54, 1.807) is 12.1 Å². The molecule has 186 valence electrons. The number of benzene rings is 3. The van der Waals surface area contributed by atoms with Crippen LogP contribution >= 0.6 is 0 Å². The van der Waals surface area contributed by atoms with E-state index in [1.165, 1.54) is 0 Å². The van der Waals surface area contributed by atoms with Gasteiger partial charge >= 0.3 is 0 Å². The Morgan fingerprint density at radius 2 is 1.76 bits per heavy atom. The highest BCUT2D eigenvalue weighted by Gasteiger charge is 2.19. The number of para-hydroxylation sites is 1. The number of ether oxygens (including phenoxy) is 1. The number of nitrogens with one attached hydrogen (secondary N) is 3. The van der Waals surface area contributed by atoms with Crippen LogP contribution in [-0.2, 0) is 6.42 Å². The fourth-order valence-corrected chi connectivity index (χ4v) is 4.41. The maximum atomic E-state index is 13.4. The lowest BCUT2D eigenvalue weighted by Gasteiger charge is -2.19. The van der Waals surface area contributed by atoms with E-state index < -0.39 is 6.04 Å². The smallest absolute Gasteiger partial charge is 0.255 e. The van der Waals surface area contributed by atoms with Crippen molar-refractivity contribution in [3.63, 3.8) is 0 Å². The van der Waals surface area contributed by atoms with Crippen LogP contribution in [0.4, 0.5) is 0 Å². The van der Waals surface area contributed by atoms with Crippen LogP contribution in [0.15, 0.2) is 79.1 Å². The van der Waals surface area contributed by atoms with Crippen molar-refractivity contribution in [1.29, 1.82) is 0 Å². The summed E-state index contributed by atoms with van der Waals surface area (Å²) in [6.07, 6.45) is 4.22. The number of aromatic amines is 2. The second kappa shape index (κ2) is 10.7. The number of aromatic nitrogens is 2. The predicted molar refractivity (Wildman–Crippen MR) is 147 cm³/mol. The number of rotatable bonds is 7. The van der Waals surface area contributed by atoms with Crippen LogP contribution in [0.3, 0.4) is 0 Å². The zero-order chi connectivity index (χ0) is 25.8. The van der Waals surface area contributed by atoms with E-state index >= 15 is 0 Å². The Bertz CT molecular complexity index is 1620. The summed E-state index contributed by atoms with van der Waals surface area (Å²) in [5.41, 5.74) is 5.10. The molecule has 1 atom stereocenters. The number of carbonyl (C=O) groups is 1. The highest BCUT2D eigenvalue weighted by atomic mass is 16.5. The van der Waals surface area contributed by atoms with E-state index in [4.69, 9.17) is 4.74 Å². The highest BCUT2D eigenvalue weighted by molar-refractivity contribution is 5.97. The minimum Gasteiger partial charge on any atom is -0.490 e. The lowest BCUT2D eigenvalue weighted by Crippen LogP contribution is -2.39. The summed E-state index contributed by atoms with van der Waals surface area (Å²) in [5, 5.41) is 15.2. The molecular formula is C31H29N3O3. The van der Waals surface area contributed by atoms with Crippen molar-refractivity contribution in [2.24, 2.45) is 0 Å². The van der Waals surface area contributed by atoms with Crippen LogP contribution in [0.2, 0.25) is 0 Å². The largest absolute Gasteiger partial charge is 0.490 e. The molecule has 0 fully saturated rings. The van der Waals surface area contributed by atoms with Crippen LogP contribution < -0.4 is 10.1 Å². The quantitative estimate of drug-likeness (QED) is 0.237. The molecule has 0 unspecified atom stereocenters. The standard InChI is InChI=1S/C31H29N3O3/c1-20(2)37-30-12-10-22(8-7-21-9-11-28-23(15-21)13-14-32-28)16-27(30)31(36)34-25(19-35)17-24-18-33-29-6-4-3-5-26(24)29/h3-6,9-16,18,20,25,32-33,35H,17,19H2,1-2H3,(H,34,36)/t25-/m1/s1. The number of aliphatic hydroxyl groups is 1. The minimum absolute atomic E-state index is 0.101. The zero-order valence-corrected chi connectivity index (χ0v) is 20.8. The van der Waals surface area contributed by atoms with Crippen molar-refractivity contribution in [1.82, 2.24) is 15.3 Å². The van der Waals surface area contributed by atoms with Gasteiger partial charge in [0.25, 0.3) is 5.91 Å². The first kappa shape index (κ1) is 24.2. The summed E-state index contributed by atoms with van der Waals surface area (Å²) in [4.78, 5) is 19.8. The van der Waals surface area contributed by atoms with Crippen molar-refractivity contribution in [3.05, 3.63) is 101 Å². The van der Waals surface area contributed by atoms with Crippen LogP contribution in [-0.4, -0.2) is 39.7 Å². The van der Waals surface area contributed by atoms with E-state index in [9.17, 15) is 9.90 Å². The highest BCUT2D eigenvalue weighted by Crippen LogP contribution is 2.23. The molecule has 0 saturated carbocycles. The van der Waals surface area contributed by atoms with Gasteiger partial charge in [0, 0.05) is 45.3 Å². The van der Waals surface area contributed by atoms with E-state index in [2.05, 4.69) is 27.1 Å². The molecule has 0 aliphatic heterocycles. The Morgan fingerprint density at radius 3 is 2.57 bits per heavy atom. The molecule has 0 bridgehead atoms. The van der Waals surface area contributed by atoms with Gasteiger partial charge in [0.1, 0.15) is 5.75 Å². The van der Waals surface area contributed by atoms with Crippen LogP contribution in [0.5, 0.6) is 5.75 Å². The van der Waals surface area contributed by atoms with E-state index in [0.717, 1.165) is 32.9 Å². The van der Waals surface area contributed by atoms with Gasteiger partial charge in [-0.15, -0.1) is 0 Å². The van der Waals surface area contributed by atoms with E-state index in [-0.39, 0.29) is 18.6 Å². The van der Waals surface area contributed by atoms with Gasteiger partial charge in [0.15, 0.2) is 0 Å². The third kappa shape index (κ3) is 5.53.